The lowest BCUT2D eigenvalue weighted by Gasteiger charge is -1.99. The molecule has 10 heavy (non-hydrogen) atoms. The van der Waals surface area contributed by atoms with E-state index in [0.29, 0.717) is 19.8 Å². The molecule has 0 fully saturated rings. The molecule has 5 nitrogen and oxygen atoms in total. The fourth-order valence-electron chi connectivity index (χ4n) is 0.393. The monoisotopic (exact) mass is 145 g/mol. The number of rotatable bonds is 6. The van der Waals surface area contributed by atoms with Crippen molar-refractivity contribution in [2.75, 3.05) is 26.6 Å². The molecule has 5 heteroatoms. The van der Waals surface area contributed by atoms with Gasteiger partial charge in [0.15, 0.2) is 0 Å². The summed E-state index contributed by atoms with van der Waals surface area (Å²) >= 11 is 0. The average molecular weight is 145 g/mol. The molecule has 0 aliphatic heterocycles. The molecule has 0 saturated heterocycles. The van der Waals surface area contributed by atoms with Crippen LogP contribution in [0, 0.1) is 0 Å². The predicted octanol–water partition coefficient (Wildman–Crippen LogP) is 1.31. The molecule has 0 aliphatic rings. The number of hydrogen-bond acceptors (Lipinski definition) is 3. The van der Waals surface area contributed by atoms with E-state index in [4.69, 9.17) is 15.0 Å². The van der Waals surface area contributed by atoms with Gasteiger partial charge in [0.2, 0.25) is 0 Å². The molecule has 0 bridgehead atoms. The van der Waals surface area contributed by atoms with Crippen molar-refractivity contribution in [1.29, 1.82) is 0 Å². The van der Waals surface area contributed by atoms with Crippen LogP contribution >= 0.6 is 0 Å². The fourth-order valence-corrected chi connectivity index (χ4v) is 0.393. The third-order valence-electron chi connectivity index (χ3n) is 0.788. The molecule has 0 amide bonds. The van der Waals surface area contributed by atoms with Gasteiger partial charge < -0.3 is 9.47 Å². The van der Waals surface area contributed by atoms with Gasteiger partial charge in [-0.05, 0) is 12.5 Å². The molecule has 0 aliphatic carbocycles. The van der Waals surface area contributed by atoms with Crippen molar-refractivity contribution in [3.63, 3.8) is 0 Å². The van der Waals surface area contributed by atoms with Crippen molar-refractivity contribution in [3.8, 4) is 0 Å². The molecule has 0 spiro atoms. The average Bonchev–Trinajstić information content (AvgIpc) is 1.97. The van der Waals surface area contributed by atoms with E-state index in [1.54, 1.807) is 0 Å². The second-order valence-electron chi connectivity index (χ2n) is 1.47. The van der Waals surface area contributed by atoms with Gasteiger partial charge in [-0.3, -0.25) is 0 Å². The van der Waals surface area contributed by atoms with Crippen molar-refractivity contribution in [1.82, 2.24) is 0 Å². The molecule has 0 saturated carbocycles. The van der Waals surface area contributed by atoms with Gasteiger partial charge in [-0.2, -0.15) is 0 Å². The molecule has 0 heterocycles. The van der Waals surface area contributed by atoms with Gasteiger partial charge in [-0.1, -0.05) is 5.11 Å². The third kappa shape index (κ3) is 7.23. The lowest BCUT2D eigenvalue weighted by atomic mass is 10.7. The van der Waals surface area contributed by atoms with Crippen molar-refractivity contribution in [2.24, 2.45) is 5.11 Å². The highest BCUT2D eigenvalue weighted by molar-refractivity contribution is 4.36. The Balaban J connectivity index is 2.83. The summed E-state index contributed by atoms with van der Waals surface area (Å²) in [7, 11) is 0. The van der Waals surface area contributed by atoms with Crippen LogP contribution in [0.1, 0.15) is 6.92 Å². The van der Waals surface area contributed by atoms with Crippen LogP contribution in [0.25, 0.3) is 10.4 Å². The summed E-state index contributed by atoms with van der Waals surface area (Å²) in [6, 6.07) is 0. The van der Waals surface area contributed by atoms with Crippen molar-refractivity contribution in [3.05, 3.63) is 10.4 Å². The highest BCUT2D eigenvalue weighted by Crippen LogP contribution is 1.78. The molecule has 0 unspecified atom stereocenters. The minimum Gasteiger partial charge on any atom is -0.379 e. The van der Waals surface area contributed by atoms with E-state index >= 15 is 0 Å². The molecule has 0 rings (SSSR count). The van der Waals surface area contributed by atoms with Gasteiger partial charge in [-0.25, -0.2) is 0 Å². The Bertz CT molecular complexity index is 111. The van der Waals surface area contributed by atoms with Crippen LogP contribution in [0.5, 0.6) is 0 Å². The first-order valence-electron chi connectivity index (χ1n) is 3.08. The molecule has 0 aromatic carbocycles. The zero-order chi connectivity index (χ0) is 7.66. The maximum Gasteiger partial charge on any atom is 0.126 e. The number of ether oxygens (including phenoxy) is 2. The van der Waals surface area contributed by atoms with Crippen molar-refractivity contribution >= 4 is 0 Å². The lowest BCUT2D eigenvalue weighted by molar-refractivity contribution is 0.0557. The maximum atomic E-state index is 7.82. The second-order valence-corrected chi connectivity index (χ2v) is 1.47. The van der Waals surface area contributed by atoms with Crippen LogP contribution in [0.3, 0.4) is 0 Å². The van der Waals surface area contributed by atoms with E-state index in [9.17, 15) is 0 Å². The fraction of sp³-hybridized carbons (Fsp3) is 1.00. The Hall–Kier alpha value is -0.770. The summed E-state index contributed by atoms with van der Waals surface area (Å²) in [5.74, 6) is 0. The molecule has 0 radical (unpaired) electrons. The van der Waals surface area contributed by atoms with Crippen LogP contribution in [0.4, 0.5) is 0 Å². The maximum absolute atomic E-state index is 7.82. The molecular formula is C5H11N3O2. The van der Waals surface area contributed by atoms with Gasteiger partial charge in [-0.15, -0.1) is 0 Å². The minimum absolute atomic E-state index is 0.0869. The van der Waals surface area contributed by atoms with Crippen LogP contribution in [0.2, 0.25) is 0 Å². The minimum atomic E-state index is 0.0869. The van der Waals surface area contributed by atoms with Crippen molar-refractivity contribution < 1.29 is 9.47 Å². The Morgan fingerprint density at radius 2 is 2.10 bits per heavy atom. The first-order valence-corrected chi connectivity index (χ1v) is 3.08. The predicted molar refractivity (Wildman–Crippen MR) is 36.5 cm³/mol. The smallest absolute Gasteiger partial charge is 0.126 e. The van der Waals surface area contributed by atoms with Gasteiger partial charge in [0, 0.05) is 11.5 Å². The Kier molecular flexibility index (Phi) is 7.60. The van der Waals surface area contributed by atoms with Gasteiger partial charge >= 0.3 is 0 Å². The largest absolute Gasteiger partial charge is 0.379 e. The van der Waals surface area contributed by atoms with Crippen LogP contribution < -0.4 is 0 Å². The summed E-state index contributed by atoms with van der Waals surface area (Å²) in [6.07, 6.45) is 0. The van der Waals surface area contributed by atoms with Crippen LogP contribution in [-0.2, 0) is 9.47 Å². The van der Waals surface area contributed by atoms with E-state index in [0.717, 1.165) is 0 Å². The van der Waals surface area contributed by atoms with Gasteiger partial charge in [0.1, 0.15) is 6.73 Å². The first-order chi connectivity index (χ1) is 4.91. The molecule has 0 atom stereocenters. The highest BCUT2D eigenvalue weighted by Gasteiger charge is 1.83. The topological polar surface area (TPSA) is 67.2 Å². The lowest BCUT2D eigenvalue weighted by Crippen LogP contribution is -2.03. The number of nitrogens with zero attached hydrogens (tertiary/aromatic N) is 3. The quantitative estimate of drug-likeness (QED) is 0.245. The number of hydrogen-bond donors (Lipinski definition) is 0. The van der Waals surface area contributed by atoms with Crippen molar-refractivity contribution in [2.45, 2.75) is 6.92 Å². The van der Waals surface area contributed by atoms with E-state index in [1.165, 1.54) is 0 Å². The van der Waals surface area contributed by atoms with Gasteiger partial charge in [0.25, 0.3) is 0 Å². The first kappa shape index (κ1) is 9.23. The van der Waals surface area contributed by atoms with E-state index < -0.39 is 0 Å². The summed E-state index contributed by atoms with van der Waals surface area (Å²) in [5.41, 5.74) is 7.82. The summed E-state index contributed by atoms with van der Waals surface area (Å²) < 4.78 is 9.78. The third-order valence-corrected chi connectivity index (χ3v) is 0.788. The van der Waals surface area contributed by atoms with E-state index in [-0.39, 0.29) is 6.73 Å². The molecule has 0 N–H and O–H groups in total. The molecule has 0 aromatic rings. The number of azide groups is 1. The normalized spacial score (nSPS) is 8.90. The molecule has 0 aromatic heterocycles. The zero-order valence-corrected chi connectivity index (χ0v) is 5.99. The zero-order valence-electron chi connectivity index (χ0n) is 5.99. The molecular weight excluding hydrogens is 134 g/mol. The van der Waals surface area contributed by atoms with E-state index in [2.05, 4.69) is 10.0 Å². The standard InChI is InChI=1S/C5H11N3O2/c1-2-9-3-4-10-5-7-8-6/h2-5H2,1H3. The van der Waals surface area contributed by atoms with Crippen LogP contribution in [0.15, 0.2) is 5.11 Å². The van der Waals surface area contributed by atoms with Crippen LogP contribution in [-0.4, -0.2) is 26.6 Å². The summed E-state index contributed by atoms with van der Waals surface area (Å²) in [6.45, 7) is 3.71. The highest BCUT2D eigenvalue weighted by atomic mass is 16.5. The summed E-state index contributed by atoms with van der Waals surface area (Å²) in [4.78, 5) is 2.51. The summed E-state index contributed by atoms with van der Waals surface area (Å²) in [5, 5.41) is 3.17. The Morgan fingerprint density at radius 1 is 1.40 bits per heavy atom. The second kappa shape index (κ2) is 8.23. The Morgan fingerprint density at radius 3 is 2.70 bits per heavy atom. The SMILES string of the molecule is CCOCCOCN=[N+]=[N-]. The van der Waals surface area contributed by atoms with Gasteiger partial charge in [0.05, 0.1) is 13.2 Å². The Labute approximate surface area is 59.6 Å². The molecule has 58 valence electrons. The van der Waals surface area contributed by atoms with E-state index in [1.807, 2.05) is 6.92 Å².